The van der Waals surface area contributed by atoms with Crippen molar-refractivity contribution in [1.82, 2.24) is 15.0 Å². The van der Waals surface area contributed by atoms with E-state index >= 15 is 0 Å². The molecule has 0 fully saturated rings. The van der Waals surface area contributed by atoms with Crippen LogP contribution >= 0.6 is 0 Å². The average Bonchev–Trinajstić information content (AvgIpc) is 2.26. The molecule has 1 heterocycles. The van der Waals surface area contributed by atoms with Gasteiger partial charge in [-0.05, 0) is 27.7 Å². The van der Waals surface area contributed by atoms with Gasteiger partial charge >= 0.3 is 0 Å². The molecule has 1 aromatic heterocycles. The van der Waals surface area contributed by atoms with Crippen LogP contribution in [-0.4, -0.2) is 52.3 Å². The number of hydrogen-bond acceptors (Lipinski definition) is 7. The molecular weight excluding hydrogens is 244 g/mol. The van der Waals surface area contributed by atoms with E-state index in [9.17, 15) is 5.11 Å². The molecule has 0 spiro atoms. The van der Waals surface area contributed by atoms with E-state index in [2.05, 4.69) is 25.6 Å². The van der Waals surface area contributed by atoms with Gasteiger partial charge in [0.1, 0.15) is 0 Å². The van der Waals surface area contributed by atoms with Crippen LogP contribution in [-0.2, 0) is 0 Å². The molecule has 108 valence electrons. The number of anilines is 3. The summed E-state index contributed by atoms with van der Waals surface area (Å²) >= 11 is 0. The van der Waals surface area contributed by atoms with Crippen molar-refractivity contribution < 1.29 is 5.11 Å². The fourth-order valence-corrected chi connectivity index (χ4v) is 1.16. The average molecular weight is 268 g/mol. The van der Waals surface area contributed by atoms with Crippen LogP contribution in [0, 0.1) is 0 Å². The molecule has 0 unspecified atom stereocenters. The second-order valence-corrected chi connectivity index (χ2v) is 5.74. The Balaban J connectivity index is 3.11. The highest BCUT2D eigenvalue weighted by molar-refractivity contribution is 5.44. The number of rotatable bonds is 5. The van der Waals surface area contributed by atoms with Crippen molar-refractivity contribution in [1.29, 1.82) is 0 Å². The lowest BCUT2D eigenvalue weighted by Crippen LogP contribution is -2.51. The van der Waals surface area contributed by atoms with Crippen LogP contribution < -0.4 is 15.5 Å². The largest absolute Gasteiger partial charge is 0.388 e. The third kappa shape index (κ3) is 3.66. The molecule has 0 saturated heterocycles. The van der Waals surface area contributed by atoms with E-state index in [1.54, 1.807) is 25.8 Å². The first-order valence-corrected chi connectivity index (χ1v) is 6.18. The van der Waals surface area contributed by atoms with Crippen molar-refractivity contribution in [3.63, 3.8) is 0 Å². The first-order valence-electron chi connectivity index (χ1n) is 6.18. The zero-order valence-corrected chi connectivity index (χ0v) is 12.7. The van der Waals surface area contributed by atoms with Gasteiger partial charge in [-0.3, -0.25) is 0 Å². The molecule has 0 amide bonds. The van der Waals surface area contributed by atoms with Crippen LogP contribution in [0.1, 0.15) is 27.7 Å². The van der Waals surface area contributed by atoms with Crippen LogP contribution in [0.15, 0.2) is 0 Å². The maximum absolute atomic E-state index is 10.2. The summed E-state index contributed by atoms with van der Waals surface area (Å²) in [6, 6.07) is 0. The van der Waals surface area contributed by atoms with E-state index in [4.69, 9.17) is 0 Å². The van der Waals surface area contributed by atoms with Gasteiger partial charge < -0.3 is 20.6 Å². The monoisotopic (exact) mass is 268 g/mol. The van der Waals surface area contributed by atoms with Crippen LogP contribution in [0.3, 0.4) is 0 Å². The Morgan fingerprint density at radius 2 is 1.53 bits per heavy atom. The standard InChI is InChI=1S/C12H24N6O/c1-11(2,12(3,4)19)17-9-14-8(13-5)15-10(16-9)18(6)7/h19H,1-7H3,(H2,13,14,15,16,17). The van der Waals surface area contributed by atoms with Gasteiger partial charge in [0.15, 0.2) is 0 Å². The first kappa shape index (κ1) is 15.4. The summed E-state index contributed by atoms with van der Waals surface area (Å²) < 4.78 is 0. The summed E-state index contributed by atoms with van der Waals surface area (Å²) in [4.78, 5) is 14.6. The van der Waals surface area contributed by atoms with Gasteiger partial charge in [0.25, 0.3) is 0 Å². The lowest BCUT2D eigenvalue weighted by molar-refractivity contribution is 0.0237. The van der Waals surface area contributed by atoms with E-state index < -0.39 is 11.1 Å². The summed E-state index contributed by atoms with van der Waals surface area (Å²) in [5.41, 5.74) is -1.50. The molecule has 0 bridgehead atoms. The van der Waals surface area contributed by atoms with Gasteiger partial charge in [-0.15, -0.1) is 0 Å². The number of aromatic nitrogens is 3. The second kappa shape index (κ2) is 5.16. The van der Waals surface area contributed by atoms with Gasteiger partial charge in [0.05, 0.1) is 11.1 Å². The number of nitrogens with zero attached hydrogens (tertiary/aromatic N) is 4. The molecule has 0 aromatic carbocycles. The van der Waals surface area contributed by atoms with Crippen molar-refractivity contribution in [3.05, 3.63) is 0 Å². The zero-order chi connectivity index (χ0) is 14.8. The highest BCUT2D eigenvalue weighted by Gasteiger charge is 2.35. The Kier molecular flexibility index (Phi) is 4.19. The Labute approximate surface area is 114 Å². The van der Waals surface area contributed by atoms with E-state index in [1.807, 2.05) is 27.9 Å². The minimum atomic E-state index is -0.919. The summed E-state index contributed by atoms with van der Waals surface area (Å²) in [6.07, 6.45) is 0. The fourth-order valence-electron chi connectivity index (χ4n) is 1.16. The predicted octanol–water partition coefficient (Wildman–Crippen LogP) is 0.941. The molecular formula is C12H24N6O. The quantitative estimate of drug-likeness (QED) is 0.732. The summed E-state index contributed by atoms with van der Waals surface area (Å²) in [7, 11) is 5.47. The Morgan fingerprint density at radius 1 is 1.00 bits per heavy atom. The Bertz CT molecular complexity index is 438. The maximum Gasteiger partial charge on any atom is 0.231 e. The lowest BCUT2D eigenvalue weighted by Gasteiger charge is -2.38. The van der Waals surface area contributed by atoms with Crippen molar-refractivity contribution >= 4 is 17.8 Å². The van der Waals surface area contributed by atoms with E-state index in [0.29, 0.717) is 17.8 Å². The summed E-state index contributed by atoms with van der Waals surface area (Å²) in [5, 5.41) is 16.2. The topological polar surface area (TPSA) is 86.2 Å². The molecule has 7 nitrogen and oxygen atoms in total. The molecule has 0 aliphatic carbocycles. The summed E-state index contributed by atoms with van der Waals surface area (Å²) in [5.74, 6) is 1.45. The van der Waals surface area contributed by atoms with Crippen molar-refractivity contribution in [3.8, 4) is 0 Å². The number of hydrogen-bond donors (Lipinski definition) is 3. The minimum absolute atomic E-state index is 0.426. The van der Waals surface area contributed by atoms with E-state index in [0.717, 1.165) is 0 Å². The lowest BCUT2D eigenvalue weighted by atomic mass is 9.86. The van der Waals surface area contributed by atoms with Crippen LogP contribution in [0.5, 0.6) is 0 Å². The van der Waals surface area contributed by atoms with E-state index in [1.165, 1.54) is 0 Å². The first-order chi connectivity index (χ1) is 8.56. The van der Waals surface area contributed by atoms with Gasteiger partial charge in [-0.2, -0.15) is 15.0 Å². The maximum atomic E-state index is 10.2. The Hall–Kier alpha value is -1.63. The molecule has 1 rings (SSSR count). The van der Waals surface area contributed by atoms with Crippen molar-refractivity contribution in [2.24, 2.45) is 0 Å². The highest BCUT2D eigenvalue weighted by atomic mass is 16.3. The normalized spacial score (nSPS) is 12.2. The SMILES string of the molecule is CNc1nc(NC(C)(C)C(C)(C)O)nc(N(C)C)n1. The molecule has 0 aliphatic rings. The number of aliphatic hydroxyl groups is 1. The fraction of sp³-hybridized carbons (Fsp3) is 0.750. The smallest absolute Gasteiger partial charge is 0.231 e. The van der Waals surface area contributed by atoms with E-state index in [-0.39, 0.29) is 0 Å². The molecule has 0 aliphatic heterocycles. The molecule has 19 heavy (non-hydrogen) atoms. The molecule has 0 radical (unpaired) electrons. The molecule has 0 saturated carbocycles. The van der Waals surface area contributed by atoms with Crippen LogP contribution in [0.4, 0.5) is 17.8 Å². The van der Waals surface area contributed by atoms with Gasteiger partial charge in [-0.1, -0.05) is 0 Å². The van der Waals surface area contributed by atoms with Gasteiger partial charge in [0, 0.05) is 21.1 Å². The highest BCUT2D eigenvalue weighted by Crippen LogP contribution is 2.25. The Morgan fingerprint density at radius 3 is 1.95 bits per heavy atom. The molecule has 7 heteroatoms. The second-order valence-electron chi connectivity index (χ2n) is 5.74. The third-order valence-electron chi connectivity index (χ3n) is 3.20. The van der Waals surface area contributed by atoms with Crippen molar-refractivity contribution in [2.45, 2.75) is 38.8 Å². The van der Waals surface area contributed by atoms with Gasteiger partial charge in [-0.25, -0.2) is 0 Å². The summed E-state index contributed by atoms with van der Waals surface area (Å²) in [6.45, 7) is 7.27. The number of nitrogens with one attached hydrogen (secondary N) is 2. The van der Waals surface area contributed by atoms with Gasteiger partial charge in [0.2, 0.25) is 17.8 Å². The zero-order valence-electron chi connectivity index (χ0n) is 12.7. The molecule has 1 aromatic rings. The third-order valence-corrected chi connectivity index (χ3v) is 3.20. The van der Waals surface area contributed by atoms with Crippen LogP contribution in [0.25, 0.3) is 0 Å². The minimum Gasteiger partial charge on any atom is -0.388 e. The molecule has 0 atom stereocenters. The van der Waals surface area contributed by atoms with Crippen molar-refractivity contribution in [2.75, 3.05) is 36.7 Å². The predicted molar refractivity (Wildman–Crippen MR) is 77.7 cm³/mol. The molecule has 3 N–H and O–H groups in total. The van der Waals surface area contributed by atoms with Crippen LogP contribution in [0.2, 0.25) is 0 Å².